The van der Waals surface area contributed by atoms with Crippen LogP contribution in [0, 0.1) is 0 Å². The van der Waals surface area contributed by atoms with Crippen molar-refractivity contribution in [1.29, 1.82) is 0 Å². The summed E-state index contributed by atoms with van der Waals surface area (Å²) in [4.78, 5) is 20.3. The molecule has 0 aromatic carbocycles. The van der Waals surface area contributed by atoms with Crippen LogP contribution in [0.25, 0.3) is 0 Å². The standard InChI is InChI=1S/C18H20ClN3O2/c19-14-3-8-18(21-12-14)24-16-6-4-15(5-7-16)22-17(23)10-13-2-1-9-20-11-13/h1-3,8-9,11-12,15-16H,4-7,10H2,(H,22,23). The molecule has 1 N–H and O–H groups in total. The van der Waals surface area contributed by atoms with E-state index in [0.717, 1.165) is 31.2 Å². The molecule has 1 aliphatic carbocycles. The lowest BCUT2D eigenvalue weighted by atomic mass is 9.92. The van der Waals surface area contributed by atoms with E-state index >= 15 is 0 Å². The van der Waals surface area contributed by atoms with Gasteiger partial charge in [0, 0.05) is 30.7 Å². The highest BCUT2D eigenvalue weighted by atomic mass is 35.5. The monoisotopic (exact) mass is 345 g/mol. The van der Waals surface area contributed by atoms with E-state index in [9.17, 15) is 4.79 Å². The van der Waals surface area contributed by atoms with E-state index in [-0.39, 0.29) is 18.1 Å². The normalized spacial score (nSPS) is 20.4. The number of ether oxygens (including phenoxy) is 1. The van der Waals surface area contributed by atoms with Crippen molar-refractivity contribution in [1.82, 2.24) is 15.3 Å². The number of amides is 1. The van der Waals surface area contributed by atoms with E-state index in [1.54, 1.807) is 30.7 Å². The minimum absolute atomic E-state index is 0.0479. The zero-order chi connectivity index (χ0) is 16.8. The third-order valence-corrected chi connectivity index (χ3v) is 4.34. The fourth-order valence-corrected chi connectivity index (χ4v) is 3.01. The Morgan fingerprint density at radius 2 is 2.04 bits per heavy atom. The Balaban J connectivity index is 1.41. The van der Waals surface area contributed by atoms with E-state index < -0.39 is 0 Å². The minimum Gasteiger partial charge on any atom is -0.474 e. The summed E-state index contributed by atoms with van der Waals surface area (Å²) in [5.41, 5.74) is 0.931. The van der Waals surface area contributed by atoms with Gasteiger partial charge in [-0.3, -0.25) is 9.78 Å². The highest BCUT2D eigenvalue weighted by molar-refractivity contribution is 6.30. The van der Waals surface area contributed by atoms with Gasteiger partial charge in [0.15, 0.2) is 0 Å². The first-order valence-corrected chi connectivity index (χ1v) is 8.53. The highest BCUT2D eigenvalue weighted by Crippen LogP contribution is 2.23. The molecular formula is C18H20ClN3O2. The first-order chi connectivity index (χ1) is 11.7. The van der Waals surface area contributed by atoms with Crippen molar-refractivity contribution in [2.75, 3.05) is 0 Å². The van der Waals surface area contributed by atoms with Crippen LogP contribution in [-0.4, -0.2) is 28.0 Å². The van der Waals surface area contributed by atoms with Crippen molar-refractivity contribution >= 4 is 17.5 Å². The smallest absolute Gasteiger partial charge is 0.224 e. The summed E-state index contributed by atoms with van der Waals surface area (Å²) in [5.74, 6) is 0.648. The average molecular weight is 346 g/mol. The van der Waals surface area contributed by atoms with Crippen LogP contribution >= 0.6 is 11.6 Å². The number of carbonyl (C=O) groups is 1. The molecule has 0 spiro atoms. The summed E-state index contributed by atoms with van der Waals surface area (Å²) < 4.78 is 5.87. The maximum Gasteiger partial charge on any atom is 0.224 e. The average Bonchev–Trinajstić information content (AvgIpc) is 2.59. The Hall–Kier alpha value is -2.14. The van der Waals surface area contributed by atoms with Crippen molar-refractivity contribution in [2.24, 2.45) is 0 Å². The summed E-state index contributed by atoms with van der Waals surface area (Å²) >= 11 is 5.82. The SMILES string of the molecule is O=C(Cc1cccnc1)NC1CCC(Oc2ccc(Cl)cn2)CC1. The van der Waals surface area contributed by atoms with Crippen LogP contribution in [0.15, 0.2) is 42.9 Å². The van der Waals surface area contributed by atoms with Crippen molar-refractivity contribution < 1.29 is 9.53 Å². The lowest BCUT2D eigenvalue weighted by Gasteiger charge is -2.29. The summed E-state index contributed by atoms with van der Waals surface area (Å²) in [6.45, 7) is 0. The lowest BCUT2D eigenvalue weighted by molar-refractivity contribution is -0.121. The molecule has 0 bridgehead atoms. The van der Waals surface area contributed by atoms with E-state index in [2.05, 4.69) is 15.3 Å². The van der Waals surface area contributed by atoms with Crippen molar-refractivity contribution in [3.63, 3.8) is 0 Å². The Kier molecular flexibility index (Phi) is 5.64. The Morgan fingerprint density at radius 1 is 1.21 bits per heavy atom. The Bertz CT molecular complexity index is 656. The van der Waals surface area contributed by atoms with E-state index in [1.807, 2.05) is 12.1 Å². The van der Waals surface area contributed by atoms with E-state index in [1.165, 1.54) is 0 Å². The number of nitrogens with zero attached hydrogens (tertiary/aromatic N) is 2. The number of hydrogen-bond acceptors (Lipinski definition) is 4. The van der Waals surface area contributed by atoms with Gasteiger partial charge >= 0.3 is 0 Å². The van der Waals surface area contributed by atoms with E-state index in [0.29, 0.717) is 17.3 Å². The molecule has 0 unspecified atom stereocenters. The summed E-state index contributed by atoms with van der Waals surface area (Å²) in [7, 11) is 0. The molecule has 2 heterocycles. The second-order valence-corrected chi connectivity index (χ2v) is 6.45. The molecule has 2 aromatic rings. The van der Waals surface area contributed by atoms with Crippen molar-refractivity contribution in [3.05, 3.63) is 53.4 Å². The van der Waals surface area contributed by atoms with Gasteiger partial charge in [0.2, 0.25) is 11.8 Å². The predicted octanol–water partition coefficient (Wildman–Crippen LogP) is 3.18. The quantitative estimate of drug-likeness (QED) is 0.904. The van der Waals surface area contributed by atoms with Gasteiger partial charge in [-0.2, -0.15) is 0 Å². The predicted molar refractivity (Wildman–Crippen MR) is 92.0 cm³/mol. The maximum absolute atomic E-state index is 12.1. The van der Waals surface area contributed by atoms with Crippen molar-refractivity contribution in [3.8, 4) is 5.88 Å². The number of carbonyl (C=O) groups excluding carboxylic acids is 1. The Labute approximate surface area is 146 Å². The molecule has 0 saturated heterocycles. The van der Waals surface area contributed by atoms with Gasteiger partial charge in [-0.25, -0.2) is 4.98 Å². The van der Waals surface area contributed by atoms with Gasteiger partial charge in [0.1, 0.15) is 6.10 Å². The van der Waals surface area contributed by atoms with Gasteiger partial charge in [-0.1, -0.05) is 17.7 Å². The molecule has 1 amide bonds. The third-order valence-electron chi connectivity index (χ3n) is 4.11. The van der Waals surface area contributed by atoms with Gasteiger partial charge < -0.3 is 10.1 Å². The van der Waals surface area contributed by atoms with Crippen LogP contribution in [0.4, 0.5) is 0 Å². The maximum atomic E-state index is 12.1. The molecule has 1 fully saturated rings. The van der Waals surface area contributed by atoms with Crippen LogP contribution < -0.4 is 10.1 Å². The molecule has 2 aromatic heterocycles. The second-order valence-electron chi connectivity index (χ2n) is 6.01. The number of nitrogens with one attached hydrogen (secondary N) is 1. The molecule has 1 saturated carbocycles. The molecule has 0 atom stereocenters. The first kappa shape index (κ1) is 16.7. The fraction of sp³-hybridized carbons (Fsp3) is 0.389. The molecule has 3 rings (SSSR count). The number of rotatable bonds is 5. The summed E-state index contributed by atoms with van der Waals surface area (Å²) in [6, 6.07) is 7.53. The second kappa shape index (κ2) is 8.11. The van der Waals surface area contributed by atoms with Gasteiger partial charge in [-0.05, 0) is 43.4 Å². The summed E-state index contributed by atoms with van der Waals surface area (Å²) in [6.07, 6.45) is 9.17. The molecule has 0 aliphatic heterocycles. The van der Waals surface area contributed by atoms with Crippen LogP contribution in [0.1, 0.15) is 31.2 Å². The largest absolute Gasteiger partial charge is 0.474 e. The summed E-state index contributed by atoms with van der Waals surface area (Å²) in [5, 5.41) is 3.70. The van der Waals surface area contributed by atoms with Gasteiger partial charge in [0.25, 0.3) is 0 Å². The molecule has 0 radical (unpaired) electrons. The number of hydrogen-bond donors (Lipinski definition) is 1. The molecule has 24 heavy (non-hydrogen) atoms. The molecule has 126 valence electrons. The fourth-order valence-electron chi connectivity index (χ4n) is 2.89. The van der Waals surface area contributed by atoms with Crippen molar-refractivity contribution in [2.45, 2.75) is 44.2 Å². The molecule has 5 nitrogen and oxygen atoms in total. The molecule has 6 heteroatoms. The highest BCUT2D eigenvalue weighted by Gasteiger charge is 2.23. The Morgan fingerprint density at radius 3 is 2.71 bits per heavy atom. The van der Waals surface area contributed by atoms with Crippen LogP contribution in [0.2, 0.25) is 5.02 Å². The lowest BCUT2D eigenvalue weighted by Crippen LogP contribution is -2.40. The van der Waals surface area contributed by atoms with Crippen LogP contribution in [0.3, 0.4) is 0 Å². The molecular weight excluding hydrogens is 326 g/mol. The topological polar surface area (TPSA) is 64.1 Å². The third kappa shape index (κ3) is 4.93. The molecule has 1 aliphatic rings. The minimum atomic E-state index is 0.0479. The first-order valence-electron chi connectivity index (χ1n) is 8.15. The zero-order valence-electron chi connectivity index (χ0n) is 13.3. The van der Waals surface area contributed by atoms with Gasteiger partial charge in [0.05, 0.1) is 11.4 Å². The van der Waals surface area contributed by atoms with Crippen LogP contribution in [0.5, 0.6) is 5.88 Å². The number of pyridine rings is 2. The zero-order valence-corrected chi connectivity index (χ0v) is 14.1. The number of aromatic nitrogens is 2. The van der Waals surface area contributed by atoms with Crippen LogP contribution in [-0.2, 0) is 11.2 Å². The van der Waals surface area contributed by atoms with Gasteiger partial charge in [-0.15, -0.1) is 0 Å². The number of halogens is 1. The van der Waals surface area contributed by atoms with E-state index in [4.69, 9.17) is 16.3 Å².